The van der Waals surface area contributed by atoms with Crippen LogP contribution >= 0.6 is 0 Å². The standard InChI is InChI=1S/C26H41NO/c1-16-5-10-24(27-16)17(2)21-8-9-22-20-7-6-18-15-19(28)11-13-25(18,3)23(20)12-14-26(21,22)4/h6,17,19-24,28H,5,7-15H2,1-4H3/t17-,19-,20+,21+,22+,23-,24+,25-,26+/m0/s1. The summed E-state index contributed by atoms with van der Waals surface area (Å²) in [6.45, 7) is 9.97. The van der Waals surface area contributed by atoms with Crippen molar-refractivity contribution in [3.8, 4) is 0 Å². The second kappa shape index (κ2) is 6.69. The molecule has 28 heavy (non-hydrogen) atoms. The molecule has 0 radical (unpaired) electrons. The van der Waals surface area contributed by atoms with Gasteiger partial charge in [-0.1, -0.05) is 32.4 Å². The summed E-state index contributed by atoms with van der Waals surface area (Å²) in [6.07, 6.45) is 15.2. The molecule has 0 bridgehead atoms. The molecule has 156 valence electrons. The Morgan fingerprint density at radius 2 is 1.89 bits per heavy atom. The highest BCUT2D eigenvalue weighted by atomic mass is 16.3. The molecule has 2 heteroatoms. The molecule has 5 aliphatic rings. The summed E-state index contributed by atoms with van der Waals surface area (Å²) in [4.78, 5) is 5.04. The molecule has 0 aromatic rings. The Kier molecular flexibility index (Phi) is 4.62. The van der Waals surface area contributed by atoms with Crippen molar-refractivity contribution >= 4 is 5.71 Å². The van der Waals surface area contributed by atoms with E-state index in [0.717, 1.165) is 42.4 Å². The first-order chi connectivity index (χ1) is 13.3. The van der Waals surface area contributed by atoms with Gasteiger partial charge in [0.15, 0.2) is 0 Å². The largest absolute Gasteiger partial charge is 0.393 e. The first kappa shape index (κ1) is 19.3. The fourth-order valence-corrected chi connectivity index (χ4v) is 8.96. The normalized spacial score (nSPS) is 51.6. The Morgan fingerprint density at radius 3 is 2.64 bits per heavy atom. The molecule has 9 atom stereocenters. The maximum atomic E-state index is 10.2. The molecule has 0 saturated heterocycles. The molecule has 0 aromatic carbocycles. The Bertz CT molecular complexity index is 695. The van der Waals surface area contributed by atoms with Crippen LogP contribution < -0.4 is 0 Å². The van der Waals surface area contributed by atoms with Gasteiger partial charge >= 0.3 is 0 Å². The predicted molar refractivity (Wildman–Crippen MR) is 116 cm³/mol. The number of aliphatic imine (C=N–C) groups is 1. The molecule has 2 nitrogen and oxygen atoms in total. The molecule has 0 spiro atoms. The Morgan fingerprint density at radius 1 is 1.07 bits per heavy atom. The van der Waals surface area contributed by atoms with Crippen LogP contribution in [-0.4, -0.2) is 23.0 Å². The van der Waals surface area contributed by atoms with Gasteiger partial charge in [0.2, 0.25) is 0 Å². The lowest BCUT2D eigenvalue weighted by Gasteiger charge is -2.58. The zero-order valence-electron chi connectivity index (χ0n) is 18.6. The van der Waals surface area contributed by atoms with Crippen LogP contribution in [0, 0.1) is 40.4 Å². The smallest absolute Gasteiger partial charge is 0.0577 e. The maximum Gasteiger partial charge on any atom is 0.0577 e. The van der Waals surface area contributed by atoms with Crippen LogP contribution in [0.5, 0.6) is 0 Å². The summed E-state index contributed by atoms with van der Waals surface area (Å²) in [5.41, 5.74) is 3.90. The van der Waals surface area contributed by atoms with E-state index in [9.17, 15) is 5.11 Å². The molecule has 3 saturated carbocycles. The quantitative estimate of drug-likeness (QED) is 0.567. The van der Waals surface area contributed by atoms with Gasteiger partial charge < -0.3 is 5.11 Å². The number of aliphatic hydroxyl groups is 1. The minimum atomic E-state index is -0.0862. The first-order valence-electron chi connectivity index (χ1n) is 12.2. The lowest BCUT2D eigenvalue weighted by molar-refractivity contribution is -0.0581. The molecule has 0 unspecified atom stereocenters. The molecule has 1 N–H and O–H groups in total. The van der Waals surface area contributed by atoms with E-state index < -0.39 is 0 Å². The van der Waals surface area contributed by atoms with Crippen molar-refractivity contribution in [2.75, 3.05) is 0 Å². The van der Waals surface area contributed by atoms with Gasteiger partial charge in [0.1, 0.15) is 0 Å². The van der Waals surface area contributed by atoms with Crippen LogP contribution in [-0.2, 0) is 0 Å². The molecule has 3 fully saturated rings. The highest BCUT2D eigenvalue weighted by Gasteiger charge is 2.59. The molecule has 1 aliphatic heterocycles. The van der Waals surface area contributed by atoms with Gasteiger partial charge in [-0.05, 0) is 112 Å². The van der Waals surface area contributed by atoms with Crippen molar-refractivity contribution in [3.05, 3.63) is 11.6 Å². The third-order valence-electron chi connectivity index (χ3n) is 10.6. The Balaban J connectivity index is 1.40. The third kappa shape index (κ3) is 2.72. The SMILES string of the molecule is CC1=N[C@@H]([C@@H](C)[C@H]2CC[C@@H]3[C@H]4CC=C5C[C@@H](O)CC[C@]5(C)[C@H]4CC[C@]23C)CC1. The van der Waals surface area contributed by atoms with E-state index in [0.29, 0.717) is 16.9 Å². The molecular formula is C26H41NO. The minimum Gasteiger partial charge on any atom is -0.393 e. The second-order valence-corrected chi connectivity index (χ2v) is 11.7. The van der Waals surface area contributed by atoms with Gasteiger partial charge in [-0.15, -0.1) is 0 Å². The van der Waals surface area contributed by atoms with E-state index in [1.165, 1.54) is 57.1 Å². The second-order valence-electron chi connectivity index (χ2n) is 11.7. The summed E-state index contributed by atoms with van der Waals surface area (Å²) in [5.74, 6) is 4.27. The van der Waals surface area contributed by atoms with Crippen LogP contribution in [0.3, 0.4) is 0 Å². The number of hydrogen-bond donors (Lipinski definition) is 1. The number of fused-ring (bicyclic) bond motifs is 5. The molecule has 4 aliphatic carbocycles. The van der Waals surface area contributed by atoms with Crippen LogP contribution in [0.15, 0.2) is 16.6 Å². The van der Waals surface area contributed by atoms with E-state index in [1.807, 2.05) is 0 Å². The van der Waals surface area contributed by atoms with E-state index in [2.05, 4.69) is 33.8 Å². The van der Waals surface area contributed by atoms with Crippen molar-refractivity contribution in [2.45, 2.75) is 104 Å². The first-order valence-corrected chi connectivity index (χ1v) is 12.2. The third-order valence-corrected chi connectivity index (χ3v) is 10.6. The number of rotatable bonds is 2. The summed E-state index contributed by atoms with van der Waals surface area (Å²) in [5, 5.41) is 10.2. The summed E-state index contributed by atoms with van der Waals surface area (Å²) >= 11 is 0. The summed E-state index contributed by atoms with van der Waals surface area (Å²) in [7, 11) is 0. The maximum absolute atomic E-state index is 10.2. The zero-order valence-corrected chi connectivity index (χ0v) is 18.6. The van der Waals surface area contributed by atoms with Gasteiger partial charge in [-0.3, -0.25) is 4.99 Å². The van der Waals surface area contributed by atoms with Gasteiger partial charge in [0, 0.05) is 5.71 Å². The lowest BCUT2D eigenvalue weighted by Crippen LogP contribution is -2.51. The average molecular weight is 384 g/mol. The van der Waals surface area contributed by atoms with Crippen LogP contribution in [0.25, 0.3) is 0 Å². The van der Waals surface area contributed by atoms with Gasteiger partial charge in [-0.25, -0.2) is 0 Å². The van der Waals surface area contributed by atoms with E-state index in [4.69, 9.17) is 4.99 Å². The number of hydrogen-bond acceptors (Lipinski definition) is 2. The number of aliphatic hydroxyl groups excluding tert-OH is 1. The molecule has 1 heterocycles. The highest BCUT2D eigenvalue weighted by molar-refractivity contribution is 5.83. The Labute approximate surface area is 172 Å². The zero-order chi connectivity index (χ0) is 19.7. The van der Waals surface area contributed by atoms with Crippen LogP contribution in [0.1, 0.15) is 91.9 Å². The fraction of sp³-hybridized carbons (Fsp3) is 0.885. The van der Waals surface area contributed by atoms with Crippen molar-refractivity contribution in [1.82, 2.24) is 0 Å². The van der Waals surface area contributed by atoms with Crippen molar-refractivity contribution in [1.29, 1.82) is 0 Å². The molecule has 0 amide bonds. The number of nitrogens with zero attached hydrogens (tertiary/aromatic N) is 1. The summed E-state index contributed by atoms with van der Waals surface area (Å²) in [6, 6.07) is 0.591. The topological polar surface area (TPSA) is 32.6 Å². The van der Waals surface area contributed by atoms with E-state index >= 15 is 0 Å². The predicted octanol–water partition coefficient (Wildman–Crippen LogP) is 6.19. The minimum absolute atomic E-state index is 0.0862. The van der Waals surface area contributed by atoms with Gasteiger partial charge in [0.05, 0.1) is 12.1 Å². The monoisotopic (exact) mass is 383 g/mol. The molecular weight excluding hydrogens is 342 g/mol. The molecule has 5 rings (SSSR count). The average Bonchev–Trinajstić information content (AvgIpc) is 3.25. The van der Waals surface area contributed by atoms with E-state index in [-0.39, 0.29) is 6.10 Å². The van der Waals surface area contributed by atoms with Crippen LogP contribution in [0.2, 0.25) is 0 Å². The van der Waals surface area contributed by atoms with Crippen LogP contribution in [0.4, 0.5) is 0 Å². The lowest BCUT2D eigenvalue weighted by atomic mass is 9.47. The fourth-order valence-electron chi connectivity index (χ4n) is 8.96. The highest BCUT2D eigenvalue weighted by Crippen LogP contribution is 2.67. The van der Waals surface area contributed by atoms with Crippen molar-refractivity contribution in [3.63, 3.8) is 0 Å². The molecule has 0 aromatic heterocycles. The number of allylic oxidation sites excluding steroid dienone is 1. The van der Waals surface area contributed by atoms with Crippen molar-refractivity contribution in [2.24, 2.45) is 45.4 Å². The van der Waals surface area contributed by atoms with Gasteiger partial charge in [-0.2, -0.15) is 0 Å². The van der Waals surface area contributed by atoms with Crippen molar-refractivity contribution < 1.29 is 5.11 Å². The van der Waals surface area contributed by atoms with E-state index in [1.54, 1.807) is 5.57 Å². The van der Waals surface area contributed by atoms with Gasteiger partial charge in [0.25, 0.3) is 0 Å². The Hall–Kier alpha value is -0.630. The summed E-state index contributed by atoms with van der Waals surface area (Å²) < 4.78 is 0.